The van der Waals surface area contributed by atoms with E-state index in [4.69, 9.17) is 0 Å². The summed E-state index contributed by atoms with van der Waals surface area (Å²) in [5.41, 5.74) is -0.556. The first-order chi connectivity index (χ1) is 3.98. The highest BCUT2D eigenvalue weighted by Crippen LogP contribution is 2.14. The summed E-state index contributed by atoms with van der Waals surface area (Å²) in [6.07, 6.45) is 0. The van der Waals surface area contributed by atoms with Crippen LogP contribution in [0.25, 0.3) is 0 Å². The van der Waals surface area contributed by atoms with Crippen LogP contribution in [-0.4, -0.2) is 5.97 Å². The number of rotatable bonds is 1. The molecule has 0 aromatic heterocycles. The van der Waals surface area contributed by atoms with Gasteiger partial charge in [0.2, 0.25) is 0 Å². The van der Waals surface area contributed by atoms with E-state index in [0.717, 1.165) is 0 Å². The largest absolute Gasteiger partial charge is 0.349 e. The second kappa shape index (κ2) is 2.80. The summed E-state index contributed by atoms with van der Waals surface area (Å²) >= 11 is 0. The van der Waals surface area contributed by atoms with Crippen LogP contribution >= 0.6 is 0 Å². The predicted molar refractivity (Wildman–Crippen MR) is 30.8 cm³/mol. The molecule has 0 radical (unpaired) electrons. The minimum Gasteiger partial charge on any atom is -0.280 e. The van der Waals surface area contributed by atoms with Crippen LogP contribution in [0.1, 0.15) is 20.8 Å². The van der Waals surface area contributed by atoms with Crippen molar-refractivity contribution >= 4 is 5.97 Å². The Morgan fingerprint density at radius 2 is 1.89 bits per heavy atom. The van der Waals surface area contributed by atoms with Crippen LogP contribution in [-0.2, 0) is 14.7 Å². The zero-order valence-electron chi connectivity index (χ0n) is 5.80. The van der Waals surface area contributed by atoms with Gasteiger partial charge in [-0.25, -0.2) is 4.79 Å². The fourth-order valence-electron chi connectivity index (χ4n) is 0.169. The Hall–Kier alpha value is -0.610. The molecule has 0 spiro atoms. The van der Waals surface area contributed by atoms with Gasteiger partial charge in [0, 0.05) is 0 Å². The van der Waals surface area contributed by atoms with Crippen molar-refractivity contribution < 1.29 is 14.7 Å². The minimum atomic E-state index is -0.556. The Kier molecular flexibility index (Phi) is 2.61. The Bertz CT molecular complexity index is 105. The molecule has 0 heterocycles. The Morgan fingerprint density at radius 1 is 1.44 bits per heavy atom. The second-order valence-corrected chi connectivity index (χ2v) is 2.72. The number of carbonyl (C=O) groups excluding carboxylic acids is 1. The molecule has 0 amide bonds. The Balaban J connectivity index is 3.74. The molecule has 0 saturated heterocycles. The van der Waals surface area contributed by atoms with Gasteiger partial charge in [0.15, 0.2) is 0 Å². The maximum absolute atomic E-state index is 10.6. The zero-order chi connectivity index (χ0) is 7.49. The lowest BCUT2D eigenvalue weighted by Crippen LogP contribution is -2.24. The topological polar surface area (TPSA) is 61.5 Å². The first-order valence-corrected chi connectivity index (χ1v) is 2.56. The van der Waals surface area contributed by atoms with Crippen LogP contribution in [0.5, 0.6) is 0 Å². The molecule has 0 saturated carbocycles. The summed E-state index contributed by atoms with van der Waals surface area (Å²) in [7, 11) is 0. The normalized spacial score (nSPS) is 11.1. The number of carbonyl (C=O) groups is 1. The van der Waals surface area contributed by atoms with E-state index in [1.807, 2.05) is 0 Å². The SMILES string of the molecule is CC(C)(C)C(=O)OON. The maximum Gasteiger partial charge on any atom is 0.349 e. The summed E-state index contributed by atoms with van der Waals surface area (Å²) < 4.78 is 0. The maximum atomic E-state index is 10.6. The summed E-state index contributed by atoms with van der Waals surface area (Å²) in [5.74, 6) is 4.00. The molecule has 0 aliphatic heterocycles. The third kappa shape index (κ3) is 3.05. The van der Waals surface area contributed by atoms with E-state index in [0.29, 0.717) is 0 Å². The molecule has 0 rings (SSSR count). The van der Waals surface area contributed by atoms with E-state index >= 15 is 0 Å². The van der Waals surface area contributed by atoms with Crippen molar-refractivity contribution in [1.29, 1.82) is 0 Å². The second-order valence-electron chi connectivity index (χ2n) is 2.72. The van der Waals surface area contributed by atoms with Gasteiger partial charge in [-0.3, -0.25) is 4.89 Å². The highest BCUT2D eigenvalue weighted by atomic mass is 17.3. The van der Waals surface area contributed by atoms with Gasteiger partial charge < -0.3 is 0 Å². The van der Waals surface area contributed by atoms with Gasteiger partial charge in [-0.1, -0.05) is 4.99 Å². The van der Waals surface area contributed by atoms with Crippen molar-refractivity contribution in [2.75, 3.05) is 0 Å². The van der Waals surface area contributed by atoms with Crippen LogP contribution in [0.2, 0.25) is 0 Å². The van der Waals surface area contributed by atoms with Crippen LogP contribution in [0, 0.1) is 5.41 Å². The number of nitrogens with two attached hydrogens (primary N) is 1. The molecule has 0 unspecified atom stereocenters. The van der Waals surface area contributed by atoms with E-state index in [1.54, 1.807) is 20.8 Å². The molecule has 9 heavy (non-hydrogen) atoms. The van der Waals surface area contributed by atoms with E-state index in [1.165, 1.54) is 0 Å². The van der Waals surface area contributed by atoms with E-state index < -0.39 is 11.4 Å². The van der Waals surface area contributed by atoms with Crippen molar-refractivity contribution in [3.8, 4) is 0 Å². The molecule has 0 aliphatic carbocycles. The van der Waals surface area contributed by atoms with E-state index in [-0.39, 0.29) is 0 Å². The molecular weight excluding hydrogens is 122 g/mol. The lowest BCUT2D eigenvalue weighted by molar-refractivity contribution is -0.283. The van der Waals surface area contributed by atoms with Crippen molar-refractivity contribution in [2.24, 2.45) is 11.3 Å². The third-order valence-corrected chi connectivity index (χ3v) is 0.736. The quantitative estimate of drug-likeness (QED) is 0.415. The highest BCUT2D eigenvalue weighted by molar-refractivity contribution is 5.74. The number of hydrogen-bond donors (Lipinski definition) is 1. The molecule has 0 bridgehead atoms. The summed E-state index contributed by atoms with van der Waals surface area (Å²) in [6.45, 7) is 5.11. The van der Waals surface area contributed by atoms with Gasteiger partial charge >= 0.3 is 5.97 Å². The van der Waals surface area contributed by atoms with Gasteiger partial charge in [-0.05, 0) is 20.8 Å². The molecule has 0 aromatic rings. The fourth-order valence-corrected chi connectivity index (χ4v) is 0.169. The zero-order valence-corrected chi connectivity index (χ0v) is 5.80. The van der Waals surface area contributed by atoms with Gasteiger partial charge in [-0.2, -0.15) is 5.90 Å². The summed E-state index contributed by atoms with van der Waals surface area (Å²) in [5, 5.41) is 0. The van der Waals surface area contributed by atoms with Crippen LogP contribution in [0.3, 0.4) is 0 Å². The van der Waals surface area contributed by atoms with Crippen LogP contribution in [0.15, 0.2) is 0 Å². The lowest BCUT2D eigenvalue weighted by Gasteiger charge is -2.12. The monoisotopic (exact) mass is 133 g/mol. The molecule has 4 nitrogen and oxygen atoms in total. The Labute approximate surface area is 53.8 Å². The molecule has 0 aromatic carbocycles. The van der Waals surface area contributed by atoms with Gasteiger partial charge in [-0.15, -0.1) is 0 Å². The fraction of sp³-hybridized carbons (Fsp3) is 0.800. The first kappa shape index (κ1) is 8.39. The Morgan fingerprint density at radius 3 is 2.00 bits per heavy atom. The standard InChI is InChI=1S/C5H11NO3/c1-5(2,3)4(7)8-9-6/h6H2,1-3H3. The molecule has 0 fully saturated rings. The van der Waals surface area contributed by atoms with Crippen LogP contribution < -0.4 is 5.90 Å². The average Bonchev–Trinajstić information content (AvgIpc) is 1.64. The van der Waals surface area contributed by atoms with Crippen LogP contribution in [0.4, 0.5) is 0 Å². The van der Waals surface area contributed by atoms with Gasteiger partial charge in [0.25, 0.3) is 0 Å². The molecule has 4 heteroatoms. The molecule has 54 valence electrons. The first-order valence-electron chi connectivity index (χ1n) is 2.56. The number of hydrogen-bond acceptors (Lipinski definition) is 4. The van der Waals surface area contributed by atoms with E-state index in [9.17, 15) is 4.79 Å². The van der Waals surface area contributed by atoms with Crippen molar-refractivity contribution in [3.63, 3.8) is 0 Å². The van der Waals surface area contributed by atoms with Gasteiger partial charge in [0.05, 0.1) is 5.41 Å². The smallest absolute Gasteiger partial charge is 0.280 e. The minimum absolute atomic E-state index is 0.481. The lowest BCUT2D eigenvalue weighted by atomic mass is 9.98. The van der Waals surface area contributed by atoms with Crippen molar-refractivity contribution in [1.82, 2.24) is 0 Å². The highest BCUT2D eigenvalue weighted by Gasteiger charge is 2.23. The predicted octanol–water partition coefficient (Wildman–Crippen LogP) is 0.381. The molecule has 0 atom stereocenters. The average molecular weight is 133 g/mol. The summed E-state index contributed by atoms with van der Waals surface area (Å²) in [6, 6.07) is 0. The van der Waals surface area contributed by atoms with Crippen molar-refractivity contribution in [2.45, 2.75) is 20.8 Å². The summed E-state index contributed by atoms with van der Waals surface area (Å²) in [4.78, 5) is 18.4. The third-order valence-electron chi connectivity index (χ3n) is 0.736. The van der Waals surface area contributed by atoms with Crippen molar-refractivity contribution in [3.05, 3.63) is 0 Å². The van der Waals surface area contributed by atoms with Gasteiger partial charge in [0.1, 0.15) is 0 Å². The molecule has 0 aliphatic rings. The molecule has 2 N–H and O–H groups in total. The molecular formula is C5H11NO3. The van der Waals surface area contributed by atoms with E-state index in [2.05, 4.69) is 15.8 Å².